The van der Waals surface area contributed by atoms with Gasteiger partial charge in [-0.2, -0.15) is 0 Å². The van der Waals surface area contributed by atoms with E-state index >= 15 is 0 Å². The predicted molar refractivity (Wildman–Crippen MR) is 78.3 cm³/mol. The number of fused-ring (bicyclic) bond motifs is 1. The Morgan fingerprint density at radius 2 is 2.24 bits per heavy atom. The molecule has 0 aliphatic heterocycles. The van der Waals surface area contributed by atoms with Gasteiger partial charge in [0.15, 0.2) is 0 Å². The second kappa shape index (κ2) is 4.81. The molecule has 1 fully saturated rings. The van der Waals surface area contributed by atoms with Crippen molar-refractivity contribution in [1.82, 2.24) is 9.97 Å². The molecule has 1 aromatic heterocycles. The van der Waals surface area contributed by atoms with Gasteiger partial charge >= 0.3 is 0 Å². The van der Waals surface area contributed by atoms with Gasteiger partial charge < -0.3 is 16.0 Å². The first-order valence-corrected chi connectivity index (χ1v) is 6.67. The molecule has 21 heavy (non-hydrogen) atoms. The van der Waals surface area contributed by atoms with Gasteiger partial charge in [0.1, 0.15) is 5.69 Å². The zero-order valence-electron chi connectivity index (χ0n) is 11.3. The van der Waals surface area contributed by atoms with Crippen molar-refractivity contribution in [1.29, 1.82) is 0 Å². The number of nitro benzene ring substituents is 1. The molecule has 1 aliphatic carbocycles. The van der Waals surface area contributed by atoms with E-state index in [-0.39, 0.29) is 16.6 Å². The molecule has 8 nitrogen and oxygen atoms in total. The highest BCUT2D eigenvalue weighted by Crippen LogP contribution is 2.32. The van der Waals surface area contributed by atoms with Crippen molar-refractivity contribution in [3.8, 4) is 0 Å². The summed E-state index contributed by atoms with van der Waals surface area (Å²) in [6.07, 6.45) is 4.16. The summed E-state index contributed by atoms with van der Waals surface area (Å²) in [5.74, 6) is 0. The second-order valence-electron chi connectivity index (χ2n) is 5.44. The first-order valence-electron chi connectivity index (χ1n) is 6.67. The van der Waals surface area contributed by atoms with Crippen LogP contribution in [0.4, 0.5) is 11.4 Å². The lowest BCUT2D eigenvalue weighted by molar-refractivity contribution is -0.383. The third-order valence-corrected chi connectivity index (χ3v) is 3.93. The average Bonchev–Trinajstić information content (AvgIpc) is 2.42. The Balaban J connectivity index is 2.01. The molecule has 0 spiro atoms. The number of rotatable bonds is 4. The van der Waals surface area contributed by atoms with Crippen LogP contribution in [0.3, 0.4) is 0 Å². The fraction of sp³-hybridized carbons (Fsp3) is 0.385. The smallest absolute Gasteiger partial charge is 0.293 e. The number of nitrogens with zero attached hydrogens (tertiary/aromatic N) is 2. The van der Waals surface area contributed by atoms with Crippen LogP contribution >= 0.6 is 0 Å². The van der Waals surface area contributed by atoms with Crippen LogP contribution < -0.4 is 16.6 Å². The lowest BCUT2D eigenvalue weighted by atomic mass is 9.78. The number of aromatic nitrogens is 2. The Labute approximate surface area is 119 Å². The normalized spacial score (nSPS) is 16.4. The van der Waals surface area contributed by atoms with Gasteiger partial charge in [-0.1, -0.05) is 0 Å². The summed E-state index contributed by atoms with van der Waals surface area (Å²) in [7, 11) is 0. The second-order valence-corrected chi connectivity index (χ2v) is 5.44. The monoisotopic (exact) mass is 289 g/mol. The molecule has 1 aliphatic rings. The zero-order chi connectivity index (χ0) is 15.0. The number of hydrogen-bond donors (Lipinski definition) is 3. The number of H-pyrrole nitrogens is 1. The molecule has 1 heterocycles. The van der Waals surface area contributed by atoms with Crippen molar-refractivity contribution in [2.75, 3.05) is 11.9 Å². The average molecular weight is 289 g/mol. The fourth-order valence-electron chi connectivity index (χ4n) is 2.48. The van der Waals surface area contributed by atoms with E-state index in [1.165, 1.54) is 18.5 Å². The molecular weight excluding hydrogens is 274 g/mol. The van der Waals surface area contributed by atoms with E-state index < -0.39 is 10.5 Å². The molecule has 8 heteroatoms. The first-order chi connectivity index (χ1) is 9.98. The molecule has 0 saturated heterocycles. The van der Waals surface area contributed by atoms with E-state index in [1.807, 2.05) is 0 Å². The minimum absolute atomic E-state index is 0.149. The van der Waals surface area contributed by atoms with Crippen LogP contribution in [0.5, 0.6) is 0 Å². The minimum Gasteiger partial charge on any atom is -0.378 e. The molecule has 4 N–H and O–H groups in total. The Morgan fingerprint density at radius 3 is 2.86 bits per heavy atom. The van der Waals surface area contributed by atoms with E-state index in [1.54, 1.807) is 0 Å². The molecule has 0 amide bonds. The molecule has 110 valence electrons. The largest absolute Gasteiger partial charge is 0.378 e. The molecule has 2 aromatic rings. The molecule has 3 rings (SSSR count). The summed E-state index contributed by atoms with van der Waals surface area (Å²) < 4.78 is 0. The van der Waals surface area contributed by atoms with Gasteiger partial charge in [0.25, 0.3) is 11.2 Å². The maximum absolute atomic E-state index is 11.7. The van der Waals surface area contributed by atoms with Crippen LogP contribution in [0.15, 0.2) is 23.3 Å². The number of benzene rings is 1. The highest BCUT2D eigenvalue weighted by atomic mass is 16.6. The van der Waals surface area contributed by atoms with E-state index in [0.717, 1.165) is 19.3 Å². The van der Waals surface area contributed by atoms with Gasteiger partial charge in [0, 0.05) is 18.2 Å². The maximum Gasteiger partial charge on any atom is 0.293 e. The van der Waals surface area contributed by atoms with Crippen LogP contribution in [0, 0.1) is 10.1 Å². The summed E-state index contributed by atoms with van der Waals surface area (Å²) in [5.41, 5.74) is 6.01. The molecule has 0 atom stereocenters. The molecule has 1 saturated carbocycles. The van der Waals surface area contributed by atoms with Gasteiger partial charge in [0.2, 0.25) is 0 Å². The standard InChI is InChI=1S/C13H15N5O3/c14-13(2-1-3-13)6-15-10-5-9-8(4-11(10)18(20)21)12(19)17-7-16-9/h4-5,7,15H,1-3,6,14H2,(H,16,17,19). The highest BCUT2D eigenvalue weighted by molar-refractivity contribution is 5.86. The number of anilines is 1. The van der Waals surface area contributed by atoms with Crippen LogP contribution in [0.25, 0.3) is 10.9 Å². The van der Waals surface area contributed by atoms with E-state index in [0.29, 0.717) is 17.7 Å². The van der Waals surface area contributed by atoms with Gasteiger partial charge in [-0.05, 0) is 25.3 Å². The van der Waals surface area contributed by atoms with Crippen molar-refractivity contribution in [2.24, 2.45) is 5.73 Å². The lowest BCUT2D eigenvalue weighted by Crippen LogP contribution is -2.52. The Hall–Kier alpha value is -2.48. The number of nitrogens with two attached hydrogens (primary N) is 1. The van der Waals surface area contributed by atoms with Crippen molar-refractivity contribution in [2.45, 2.75) is 24.8 Å². The minimum atomic E-state index is -0.516. The maximum atomic E-state index is 11.7. The third-order valence-electron chi connectivity index (χ3n) is 3.93. The lowest BCUT2D eigenvalue weighted by Gasteiger charge is -2.38. The van der Waals surface area contributed by atoms with Crippen LogP contribution in [0.1, 0.15) is 19.3 Å². The number of hydrogen-bond acceptors (Lipinski definition) is 6. The molecule has 0 bridgehead atoms. The Kier molecular flexibility index (Phi) is 3.09. The Morgan fingerprint density at radius 1 is 1.48 bits per heavy atom. The topological polar surface area (TPSA) is 127 Å². The molecule has 1 aromatic carbocycles. The molecule has 0 radical (unpaired) electrons. The number of nitrogens with one attached hydrogen (secondary N) is 2. The SMILES string of the molecule is NC1(CNc2cc3nc[nH]c(=O)c3cc2[N+](=O)[O-])CCC1. The molecule has 0 unspecified atom stereocenters. The van der Waals surface area contributed by atoms with Gasteiger partial charge in [-0.15, -0.1) is 0 Å². The Bertz CT molecular complexity index is 766. The van der Waals surface area contributed by atoms with E-state index in [4.69, 9.17) is 5.73 Å². The van der Waals surface area contributed by atoms with Crippen molar-refractivity contribution in [3.63, 3.8) is 0 Å². The predicted octanol–water partition coefficient (Wildman–Crippen LogP) is 1.12. The first kappa shape index (κ1) is 13.5. The van der Waals surface area contributed by atoms with Crippen molar-refractivity contribution >= 4 is 22.3 Å². The fourth-order valence-corrected chi connectivity index (χ4v) is 2.48. The zero-order valence-corrected chi connectivity index (χ0v) is 11.3. The van der Waals surface area contributed by atoms with E-state index in [9.17, 15) is 14.9 Å². The van der Waals surface area contributed by atoms with Gasteiger partial charge in [0.05, 0.1) is 22.2 Å². The van der Waals surface area contributed by atoms with E-state index in [2.05, 4.69) is 15.3 Å². The quantitative estimate of drug-likeness (QED) is 0.572. The molecular formula is C13H15N5O3. The summed E-state index contributed by atoms with van der Waals surface area (Å²) >= 11 is 0. The third kappa shape index (κ3) is 2.45. The number of aromatic amines is 1. The highest BCUT2D eigenvalue weighted by Gasteiger charge is 2.32. The summed E-state index contributed by atoms with van der Waals surface area (Å²) in [5, 5.41) is 14.4. The van der Waals surface area contributed by atoms with Crippen LogP contribution in [-0.4, -0.2) is 27.0 Å². The van der Waals surface area contributed by atoms with Gasteiger partial charge in [-0.25, -0.2) is 4.98 Å². The number of nitro groups is 1. The van der Waals surface area contributed by atoms with Crippen molar-refractivity contribution < 1.29 is 4.92 Å². The van der Waals surface area contributed by atoms with Crippen LogP contribution in [0.2, 0.25) is 0 Å². The van der Waals surface area contributed by atoms with Crippen molar-refractivity contribution in [3.05, 3.63) is 38.9 Å². The summed E-state index contributed by atoms with van der Waals surface area (Å²) in [6.45, 7) is 0.461. The summed E-state index contributed by atoms with van der Waals surface area (Å²) in [6, 6.07) is 2.76. The summed E-state index contributed by atoms with van der Waals surface area (Å²) in [4.78, 5) is 28.8. The van der Waals surface area contributed by atoms with Gasteiger partial charge in [-0.3, -0.25) is 14.9 Å². The van der Waals surface area contributed by atoms with Crippen LogP contribution in [-0.2, 0) is 0 Å².